The first-order valence-corrected chi connectivity index (χ1v) is 7.92. The zero-order valence-corrected chi connectivity index (χ0v) is 13.0. The van der Waals surface area contributed by atoms with E-state index in [1.807, 2.05) is 12.1 Å². The Kier molecular flexibility index (Phi) is 7.00. The number of aliphatic hydroxyl groups is 1. The van der Waals surface area contributed by atoms with Gasteiger partial charge in [0.05, 0.1) is 25.9 Å². The van der Waals surface area contributed by atoms with Crippen LogP contribution in [0.25, 0.3) is 0 Å². The molecule has 1 fully saturated rings. The second-order valence-corrected chi connectivity index (χ2v) is 5.65. The van der Waals surface area contributed by atoms with Gasteiger partial charge in [0, 0.05) is 19.6 Å². The molecular weight excluding hydrogens is 266 g/mol. The molecule has 0 spiro atoms. The molecule has 0 bridgehead atoms. The zero-order chi connectivity index (χ0) is 14.9. The van der Waals surface area contributed by atoms with E-state index < -0.39 is 0 Å². The first kappa shape index (κ1) is 16.3. The summed E-state index contributed by atoms with van der Waals surface area (Å²) in [6.07, 6.45) is 3.52. The second kappa shape index (κ2) is 9.03. The van der Waals surface area contributed by atoms with Crippen LogP contribution in [0.15, 0.2) is 24.3 Å². The third-order valence-corrected chi connectivity index (χ3v) is 3.86. The van der Waals surface area contributed by atoms with Gasteiger partial charge in [-0.3, -0.25) is 0 Å². The average molecular weight is 293 g/mol. The summed E-state index contributed by atoms with van der Waals surface area (Å²) < 4.78 is 11.3. The molecule has 1 N–H and O–H groups in total. The summed E-state index contributed by atoms with van der Waals surface area (Å²) in [5.41, 5.74) is 1.23. The molecule has 21 heavy (non-hydrogen) atoms. The topological polar surface area (TPSA) is 41.9 Å². The van der Waals surface area contributed by atoms with Crippen molar-refractivity contribution in [1.29, 1.82) is 0 Å². The fourth-order valence-electron chi connectivity index (χ4n) is 2.70. The molecule has 0 unspecified atom stereocenters. The number of aliphatic hydroxyl groups excluding tert-OH is 1. The Hall–Kier alpha value is -1.10. The summed E-state index contributed by atoms with van der Waals surface area (Å²) in [7, 11) is 0. The van der Waals surface area contributed by atoms with Crippen LogP contribution < -0.4 is 4.74 Å². The highest BCUT2D eigenvalue weighted by atomic mass is 16.5. The first-order valence-electron chi connectivity index (χ1n) is 7.92. The van der Waals surface area contributed by atoms with Crippen molar-refractivity contribution in [2.45, 2.75) is 32.3 Å². The number of rotatable bonds is 8. The highest BCUT2D eigenvalue weighted by molar-refractivity contribution is 5.27. The van der Waals surface area contributed by atoms with E-state index in [0.29, 0.717) is 12.7 Å². The van der Waals surface area contributed by atoms with E-state index in [4.69, 9.17) is 14.6 Å². The van der Waals surface area contributed by atoms with Gasteiger partial charge in [-0.1, -0.05) is 12.1 Å². The Labute approximate surface area is 127 Å². The number of ether oxygens (including phenoxy) is 2. The van der Waals surface area contributed by atoms with Gasteiger partial charge >= 0.3 is 0 Å². The molecule has 0 radical (unpaired) electrons. The zero-order valence-electron chi connectivity index (χ0n) is 13.0. The molecule has 0 aromatic heterocycles. The molecule has 0 atom stereocenters. The predicted octanol–water partition coefficient (Wildman–Crippen LogP) is 2.24. The molecule has 1 aliphatic rings. The number of nitrogens with zero attached hydrogens (tertiary/aromatic N) is 1. The highest BCUT2D eigenvalue weighted by Gasteiger charge is 2.18. The molecule has 2 rings (SSSR count). The lowest BCUT2D eigenvalue weighted by Crippen LogP contribution is -2.38. The van der Waals surface area contributed by atoms with Gasteiger partial charge in [-0.15, -0.1) is 0 Å². The molecule has 118 valence electrons. The SMILES string of the molecule is Cc1cccc(OCCCN2CCC(OCCO)CC2)c1. The number of hydrogen-bond donors (Lipinski definition) is 1. The van der Waals surface area contributed by atoms with Crippen molar-refractivity contribution in [2.75, 3.05) is 39.5 Å². The molecule has 0 amide bonds. The van der Waals surface area contributed by atoms with Gasteiger partial charge in [-0.05, 0) is 43.9 Å². The summed E-state index contributed by atoms with van der Waals surface area (Å²) in [4.78, 5) is 2.47. The number of benzene rings is 1. The van der Waals surface area contributed by atoms with Crippen LogP contribution in [0.3, 0.4) is 0 Å². The van der Waals surface area contributed by atoms with Crippen LogP contribution in [0.1, 0.15) is 24.8 Å². The molecule has 4 heteroatoms. The van der Waals surface area contributed by atoms with Crippen LogP contribution in [-0.4, -0.2) is 55.6 Å². The van der Waals surface area contributed by atoms with Gasteiger partial charge in [0.1, 0.15) is 5.75 Å². The molecular formula is C17H27NO3. The van der Waals surface area contributed by atoms with Crippen LogP contribution in [0.5, 0.6) is 5.75 Å². The van der Waals surface area contributed by atoms with E-state index in [0.717, 1.165) is 51.3 Å². The van der Waals surface area contributed by atoms with Crippen molar-refractivity contribution in [1.82, 2.24) is 4.90 Å². The Morgan fingerprint density at radius 2 is 2.05 bits per heavy atom. The van der Waals surface area contributed by atoms with E-state index >= 15 is 0 Å². The van der Waals surface area contributed by atoms with E-state index in [1.165, 1.54) is 5.56 Å². The van der Waals surface area contributed by atoms with E-state index in [2.05, 4.69) is 24.0 Å². The second-order valence-electron chi connectivity index (χ2n) is 5.65. The number of piperidine rings is 1. The molecule has 1 aromatic rings. The maximum Gasteiger partial charge on any atom is 0.119 e. The molecule has 4 nitrogen and oxygen atoms in total. The lowest BCUT2D eigenvalue weighted by atomic mass is 10.1. The first-order chi connectivity index (χ1) is 10.3. The van der Waals surface area contributed by atoms with Gasteiger partial charge in [0.25, 0.3) is 0 Å². The Balaban J connectivity index is 1.56. The third kappa shape index (κ3) is 6.04. The maximum atomic E-state index is 8.75. The maximum absolute atomic E-state index is 8.75. The predicted molar refractivity (Wildman–Crippen MR) is 83.8 cm³/mol. The molecule has 0 aliphatic carbocycles. The molecule has 0 saturated carbocycles. The summed E-state index contributed by atoms with van der Waals surface area (Å²) >= 11 is 0. The Bertz CT molecular complexity index is 403. The number of aryl methyl sites for hydroxylation is 1. The fourth-order valence-corrected chi connectivity index (χ4v) is 2.70. The van der Waals surface area contributed by atoms with Gasteiger partial charge in [-0.2, -0.15) is 0 Å². The van der Waals surface area contributed by atoms with Crippen molar-refractivity contribution in [3.05, 3.63) is 29.8 Å². The van der Waals surface area contributed by atoms with Crippen molar-refractivity contribution < 1.29 is 14.6 Å². The monoisotopic (exact) mass is 293 g/mol. The average Bonchev–Trinajstić information content (AvgIpc) is 2.51. The number of hydrogen-bond acceptors (Lipinski definition) is 4. The Morgan fingerprint density at radius 1 is 1.24 bits per heavy atom. The minimum Gasteiger partial charge on any atom is -0.494 e. The van der Waals surface area contributed by atoms with Gasteiger partial charge < -0.3 is 19.5 Å². The van der Waals surface area contributed by atoms with Gasteiger partial charge in [0.15, 0.2) is 0 Å². The standard InChI is InChI=1S/C17H27NO3/c1-15-4-2-5-17(14-15)20-12-3-8-18-9-6-16(7-10-18)21-13-11-19/h2,4-5,14,16,19H,3,6-13H2,1H3. The summed E-state index contributed by atoms with van der Waals surface area (Å²) in [6.45, 7) is 6.69. The fraction of sp³-hybridized carbons (Fsp3) is 0.647. The van der Waals surface area contributed by atoms with Crippen molar-refractivity contribution in [3.8, 4) is 5.75 Å². The smallest absolute Gasteiger partial charge is 0.119 e. The van der Waals surface area contributed by atoms with Crippen LogP contribution in [0.4, 0.5) is 0 Å². The summed E-state index contributed by atoms with van der Waals surface area (Å²) in [6, 6.07) is 8.19. The van der Waals surface area contributed by atoms with Crippen LogP contribution in [0.2, 0.25) is 0 Å². The minimum absolute atomic E-state index is 0.122. The summed E-state index contributed by atoms with van der Waals surface area (Å²) in [5.74, 6) is 0.964. The van der Waals surface area contributed by atoms with E-state index in [9.17, 15) is 0 Å². The van der Waals surface area contributed by atoms with Crippen molar-refractivity contribution in [3.63, 3.8) is 0 Å². The molecule has 1 saturated heterocycles. The van der Waals surface area contributed by atoms with E-state index in [-0.39, 0.29) is 6.61 Å². The molecule has 1 heterocycles. The van der Waals surface area contributed by atoms with E-state index in [1.54, 1.807) is 0 Å². The van der Waals surface area contributed by atoms with Crippen molar-refractivity contribution in [2.24, 2.45) is 0 Å². The van der Waals surface area contributed by atoms with Crippen LogP contribution in [-0.2, 0) is 4.74 Å². The lowest BCUT2D eigenvalue weighted by molar-refractivity contribution is -0.00820. The number of likely N-dealkylation sites (tertiary alicyclic amines) is 1. The largest absolute Gasteiger partial charge is 0.494 e. The highest BCUT2D eigenvalue weighted by Crippen LogP contribution is 2.15. The van der Waals surface area contributed by atoms with Crippen LogP contribution >= 0.6 is 0 Å². The summed E-state index contributed by atoms with van der Waals surface area (Å²) in [5, 5.41) is 8.75. The Morgan fingerprint density at radius 3 is 2.76 bits per heavy atom. The minimum atomic E-state index is 0.122. The molecule has 1 aromatic carbocycles. The third-order valence-electron chi connectivity index (χ3n) is 3.86. The van der Waals surface area contributed by atoms with Gasteiger partial charge in [-0.25, -0.2) is 0 Å². The van der Waals surface area contributed by atoms with Gasteiger partial charge in [0.2, 0.25) is 0 Å². The normalized spacial score (nSPS) is 17.0. The lowest BCUT2D eigenvalue weighted by Gasteiger charge is -2.31. The molecule has 1 aliphatic heterocycles. The van der Waals surface area contributed by atoms with Crippen LogP contribution in [0, 0.1) is 6.92 Å². The quantitative estimate of drug-likeness (QED) is 0.746. The van der Waals surface area contributed by atoms with Crippen molar-refractivity contribution >= 4 is 0 Å².